The smallest absolute Gasteiger partial charge is 0.325 e. The molecular weight excluding hydrogens is 328 g/mol. The monoisotopic (exact) mass is 346 g/mol. The van der Waals surface area contributed by atoms with E-state index >= 15 is 0 Å². The first-order chi connectivity index (χ1) is 11.6. The highest BCUT2D eigenvalue weighted by Crippen LogP contribution is 2.22. The van der Waals surface area contributed by atoms with E-state index in [1.807, 2.05) is 11.0 Å². The van der Waals surface area contributed by atoms with Crippen LogP contribution in [0.15, 0.2) is 29.9 Å². The maximum atomic E-state index is 11.8. The first-order valence-electron chi connectivity index (χ1n) is 7.59. The molecule has 24 heavy (non-hydrogen) atoms. The average Bonchev–Trinajstić information content (AvgIpc) is 3.08. The Kier molecular flexibility index (Phi) is 4.90. The van der Waals surface area contributed by atoms with Crippen molar-refractivity contribution in [2.75, 3.05) is 28.6 Å². The van der Waals surface area contributed by atoms with Crippen molar-refractivity contribution >= 4 is 39.9 Å². The number of carbonyl (C=O) groups is 2. The number of aromatic nitrogens is 2. The molecule has 8 nitrogen and oxygen atoms in total. The second kappa shape index (κ2) is 7.26. The van der Waals surface area contributed by atoms with Gasteiger partial charge in [0.1, 0.15) is 5.82 Å². The van der Waals surface area contributed by atoms with Gasteiger partial charge in [0.05, 0.1) is 17.8 Å². The number of thiazole rings is 1. The van der Waals surface area contributed by atoms with Crippen LogP contribution in [-0.4, -0.2) is 35.0 Å². The summed E-state index contributed by atoms with van der Waals surface area (Å²) in [6.07, 6.45) is 4.94. The molecule has 1 aliphatic heterocycles. The van der Waals surface area contributed by atoms with Crippen molar-refractivity contribution < 1.29 is 9.59 Å². The third-order valence-corrected chi connectivity index (χ3v) is 4.49. The number of nitrogens with zero attached hydrogens (tertiary/aromatic N) is 3. The van der Waals surface area contributed by atoms with Gasteiger partial charge in [-0.1, -0.05) is 0 Å². The number of hydrogen-bond donors (Lipinski definition) is 3. The van der Waals surface area contributed by atoms with Crippen LogP contribution in [0.1, 0.15) is 12.8 Å². The van der Waals surface area contributed by atoms with Crippen molar-refractivity contribution in [1.82, 2.24) is 9.97 Å². The van der Waals surface area contributed by atoms with Gasteiger partial charge in [-0.3, -0.25) is 10.1 Å². The third kappa shape index (κ3) is 3.99. The van der Waals surface area contributed by atoms with Crippen LogP contribution in [0, 0.1) is 5.92 Å². The number of urea groups is 1. The van der Waals surface area contributed by atoms with E-state index in [2.05, 4.69) is 20.6 Å². The average molecular weight is 346 g/mol. The Morgan fingerprint density at radius 2 is 2.17 bits per heavy atom. The minimum absolute atomic E-state index is 0.137. The highest BCUT2D eigenvalue weighted by Gasteiger charge is 2.24. The normalized spacial score (nSPS) is 17.3. The van der Waals surface area contributed by atoms with Crippen LogP contribution in [0.4, 0.5) is 21.4 Å². The number of hydrogen-bond acceptors (Lipinski definition) is 6. The quantitative estimate of drug-likeness (QED) is 0.782. The molecule has 4 N–H and O–H groups in total. The number of primary amides is 1. The number of pyridine rings is 1. The Hall–Kier alpha value is -2.68. The summed E-state index contributed by atoms with van der Waals surface area (Å²) in [4.78, 5) is 33.6. The van der Waals surface area contributed by atoms with Gasteiger partial charge in [-0.2, -0.15) is 0 Å². The van der Waals surface area contributed by atoms with E-state index in [0.29, 0.717) is 17.4 Å². The Balaban J connectivity index is 1.58. The van der Waals surface area contributed by atoms with Crippen LogP contribution in [0.3, 0.4) is 0 Å². The van der Waals surface area contributed by atoms with Crippen LogP contribution in [-0.2, 0) is 4.79 Å². The molecule has 2 aromatic rings. The summed E-state index contributed by atoms with van der Waals surface area (Å²) in [5.74, 6) is 0.367. The van der Waals surface area contributed by atoms with E-state index in [-0.39, 0.29) is 17.9 Å². The van der Waals surface area contributed by atoms with E-state index in [4.69, 9.17) is 5.73 Å². The Morgan fingerprint density at radius 3 is 2.83 bits per heavy atom. The lowest BCUT2D eigenvalue weighted by atomic mass is 9.97. The van der Waals surface area contributed by atoms with E-state index in [0.717, 1.165) is 25.2 Å². The number of nitrogens with one attached hydrogen (secondary N) is 2. The molecule has 3 amide bonds. The van der Waals surface area contributed by atoms with Crippen LogP contribution in [0.5, 0.6) is 0 Å². The molecule has 1 fully saturated rings. The van der Waals surface area contributed by atoms with Crippen LogP contribution < -0.4 is 21.3 Å². The maximum absolute atomic E-state index is 11.8. The lowest BCUT2D eigenvalue weighted by molar-refractivity contribution is -0.122. The zero-order valence-electron chi connectivity index (χ0n) is 12.9. The number of anilines is 3. The molecule has 3 heterocycles. The number of rotatable bonds is 4. The highest BCUT2D eigenvalue weighted by molar-refractivity contribution is 7.13. The standard InChI is InChI=1S/C15H18N6O2S/c16-13(22)10-2-1-6-21(9-10)12-4-3-11(8-18-12)19-14(23)20-15-17-5-7-24-15/h3-5,7-8,10H,1-2,6,9H2,(H2,16,22)(H2,17,19,20,23). The molecule has 1 saturated heterocycles. The molecule has 0 bridgehead atoms. The van der Waals surface area contributed by atoms with E-state index < -0.39 is 0 Å². The lowest BCUT2D eigenvalue weighted by Gasteiger charge is -2.32. The van der Waals surface area contributed by atoms with Gasteiger partial charge in [0.15, 0.2) is 5.13 Å². The van der Waals surface area contributed by atoms with Crippen molar-refractivity contribution in [2.24, 2.45) is 11.7 Å². The largest absolute Gasteiger partial charge is 0.369 e. The molecule has 3 rings (SSSR count). The highest BCUT2D eigenvalue weighted by atomic mass is 32.1. The molecule has 2 aromatic heterocycles. The molecule has 0 spiro atoms. The summed E-state index contributed by atoms with van der Waals surface area (Å²) in [6, 6.07) is 3.23. The predicted octanol–water partition coefficient (Wildman–Crippen LogP) is 1.88. The zero-order chi connectivity index (χ0) is 16.9. The van der Waals surface area contributed by atoms with Gasteiger partial charge in [0, 0.05) is 24.7 Å². The molecule has 126 valence electrons. The van der Waals surface area contributed by atoms with Crippen molar-refractivity contribution in [3.8, 4) is 0 Å². The van der Waals surface area contributed by atoms with Crippen molar-refractivity contribution in [3.63, 3.8) is 0 Å². The third-order valence-electron chi connectivity index (χ3n) is 3.81. The summed E-state index contributed by atoms with van der Waals surface area (Å²) in [6.45, 7) is 1.42. The lowest BCUT2D eigenvalue weighted by Crippen LogP contribution is -2.41. The SMILES string of the molecule is NC(=O)C1CCCN(c2ccc(NC(=O)Nc3nccs3)cn2)C1. The fraction of sp³-hybridized carbons (Fsp3) is 0.333. The van der Waals surface area contributed by atoms with E-state index in [9.17, 15) is 9.59 Å². The molecule has 9 heteroatoms. The molecule has 1 aliphatic rings. The topological polar surface area (TPSA) is 113 Å². The van der Waals surface area contributed by atoms with Gasteiger partial charge < -0.3 is 16.0 Å². The van der Waals surface area contributed by atoms with Gasteiger partial charge >= 0.3 is 6.03 Å². The van der Waals surface area contributed by atoms with E-state index in [1.165, 1.54) is 11.3 Å². The van der Waals surface area contributed by atoms with E-state index in [1.54, 1.807) is 23.8 Å². The first-order valence-corrected chi connectivity index (χ1v) is 8.47. The summed E-state index contributed by atoms with van der Waals surface area (Å²) in [7, 11) is 0. The second-order valence-electron chi connectivity index (χ2n) is 5.51. The number of amides is 3. The van der Waals surface area contributed by atoms with Gasteiger partial charge in [-0.05, 0) is 25.0 Å². The van der Waals surface area contributed by atoms with Crippen LogP contribution in [0.25, 0.3) is 0 Å². The van der Waals surface area contributed by atoms with Crippen molar-refractivity contribution in [1.29, 1.82) is 0 Å². The van der Waals surface area contributed by atoms with Crippen LogP contribution in [0.2, 0.25) is 0 Å². The number of piperidine rings is 1. The maximum Gasteiger partial charge on any atom is 0.325 e. The van der Waals surface area contributed by atoms with Gasteiger partial charge in [0.25, 0.3) is 0 Å². The van der Waals surface area contributed by atoms with Crippen LogP contribution >= 0.6 is 11.3 Å². The van der Waals surface area contributed by atoms with Gasteiger partial charge in [-0.25, -0.2) is 14.8 Å². The summed E-state index contributed by atoms with van der Waals surface area (Å²) < 4.78 is 0. The zero-order valence-corrected chi connectivity index (χ0v) is 13.8. The minimum atomic E-state index is -0.369. The fourth-order valence-corrected chi connectivity index (χ4v) is 3.13. The van der Waals surface area contributed by atoms with Crippen molar-refractivity contribution in [3.05, 3.63) is 29.9 Å². The fourth-order valence-electron chi connectivity index (χ4n) is 2.61. The number of carbonyl (C=O) groups excluding carboxylic acids is 2. The first kappa shape index (κ1) is 16.2. The van der Waals surface area contributed by atoms with Crippen molar-refractivity contribution in [2.45, 2.75) is 12.8 Å². The summed E-state index contributed by atoms with van der Waals surface area (Å²) in [5, 5.41) is 7.65. The molecular formula is C15H18N6O2S. The van der Waals surface area contributed by atoms with Gasteiger partial charge in [-0.15, -0.1) is 11.3 Å². The summed E-state index contributed by atoms with van der Waals surface area (Å²) in [5.41, 5.74) is 5.98. The molecule has 1 atom stereocenters. The molecule has 0 aliphatic carbocycles. The Bertz CT molecular complexity index is 703. The van der Waals surface area contributed by atoms with Gasteiger partial charge in [0.2, 0.25) is 5.91 Å². The summed E-state index contributed by atoms with van der Waals surface area (Å²) >= 11 is 1.34. The molecule has 1 unspecified atom stereocenters. The molecule has 0 radical (unpaired) electrons. The second-order valence-corrected chi connectivity index (χ2v) is 6.40. The number of nitrogens with two attached hydrogens (primary N) is 1. The predicted molar refractivity (Wildman–Crippen MR) is 93.1 cm³/mol. The molecule has 0 saturated carbocycles. The Morgan fingerprint density at radius 1 is 1.29 bits per heavy atom. The molecule has 0 aromatic carbocycles. The Labute approximate surface area is 143 Å². The minimum Gasteiger partial charge on any atom is -0.369 e.